The van der Waals surface area contributed by atoms with E-state index in [4.69, 9.17) is 16.7 Å². The third kappa shape index (κ3) is 2.66. The van der Waals surface area contributed by atoms with Gasteiger partial charge in [0.2, 0.25) is 10.0 Å². The summed E-state index contributed by atoms with van der Waals surface area (Å²) in [6.07, 6.45) is 0. The van der Waals surface area contributed by atoms with Crippen LogP contribution in [-0.2, 0) is 10.0 Å². The van der Waals surface area contributed by atoms with Crippen LogP contribution < -0.4 is 5.14 Å². The highest BCUT2D eigenvalue weighted by molar-refractivity contribution is 9.11. The van der Waals surface area contributed by atoms with E-state index in [1.54, 1.807) is 6.07 Å². The Labute approximate surface area is 97.6 Å². The average molecular weight is 349 g/mol. The van der Waals surface area contributed by atoms with Gasteiger partial charge in [-0.1, -0.05) is 27.5 Å². The van der Waals surface area contributed by atoms with E-state index in [9.17, 15) is 8.42 Å². The van der Waals surface area contributed by atoms with Gasteiger partial charge in [0, 0.05) is 8.95 Å². The fraction of sp³-hybridized carbons (Fsp3) is 0. The minimum atomic E-state index is -3.77. The Morgan fingerprint density at radius 2 is 1.85 bits per heavy atom. The molecule has 0 aliphatic rings. The van der Waals surface area contributed by atoms with E-state index in [1.807, 2.05) is 0 Å². The normalized spacial score (nSPS) is 11.7. The smallest absolute Gasteiger partial charge is 0.225 e. The molecule has 0 spiro atoms. The Kier molecular flexibility index (Phi) is 3.40. The van der Waals surface area contributed by atoms with Crippen LogP contribution in [0.1, 0.15) is 0 Å². The fourth-order valence-corrected chi connectivity index (χ4v) is 3.33. The Morgan fingerprint density at radius 1 is 1.31 bits per heavy atom. The van der Waals surface area contributed by atoms with E-state index in [0.29, 0.717) is 8.95 Å². The lowest BCUT2D eigenvalue weighted by Crippen LogP contribution is -2.12. The van der Waals surface area contributed by atoms with Gasteiger partial charge >= 0.3 is 0 Å². The van der Waals surface area contributed by atoms with Crippen LogP contribution >= 0.6 is 43.5 Å². The zero-order valence-corrected chi connectivity index (χ0v) is 10.8. The summed E-state index contributed by atoms with van der Waals surface area (Å²) in [6.45, 7) is 0. The topological polar surface area (TPSA) is 60.2 Å². The molecule has 0 aliphatic carbocycles. The highest BCUT2D eigenvalue weighted by Crippen LogP contribution is 2.32. The van der Waals surface area contributed by atoms with Crippen molar-refractivity contribution in [3.05, 3.63) is 26.1 Å². The first-order chi connectivity index (χ1) is 5.82. The molecule has 13 heavy (non-hydrogen) atoms. The SMILES string of the molecule is NS(=O)(=O)c1cc(Br)cc(Br)c1Cl. The van der Waals surface area contributed by atoms with Gasteiger partial charge in [0.25, 0.3) is 0 Å². The molecule has 3 nitrogen and oxygen atoms in total. The lowest BCUT2D eigenvalue weighted by atomic mass is 10.4. The monoisotopic (exact) mass is 347 g/mol. The number of primary sulfonamides is 1. The lowest BCUT2D eigenvalue weighted by molar-refractivity contribution is 0.597. The van der Waals surface area contributed by atoms with Gasteiger partial charge in [-0.05, 0) is 28.1 Å². The molecule has 0 amide bonds. The van der Waals surface area contributed by atoms with E-state index >= 15 is 0 Å². The standard InChI is InChI=1S/C6H4Br2ClNO2S/c7-3-1-4(8)6(9)5(2-3)13(10,11)12/h1-2H,(H2,10,11,12). The minimum Gasteiger partial charge on any atom is -0.225 e. The van der Waals surface area contributed by atoms with Gasteiger partial charge in [-0.2, -0.15) is 0 Å². The quantitative estimate of drug-likeness (QED) is 0.792. The summed E-state index contributed by atoms with van der Waals surface area (Å²) in [5.41, 5.74) is 0. The molecular weight excluding hydrogens is 345 g/mol. The first-order valence-corrected chi connectivity index (χ1v) is 6.51. The molecule has 0 saturated carbocycles. The number of sulfonamides is 1. The molecule has 1 aromatic carbocycles. The van der Waals surface area contributed by atoms with Crippen LogP contribution in [0.4, 0.5) is 0 Å². The molecule has 0 aromatic heterocycles. The van der Waals surface area contributed by atoms with Crippen molar-refractivity contribution >= 4 is 53.5 Å². The molecule has 1 aromatic rings. The third-order valence-electron chi connectivity index (χ3n) is 1.27. The summed E-state index contributed by atoms with van der Waals surface area (Å²) in [4.78, 5) is -0.101. The second-order valence-corrected chi connectivity index (χ2v) is 5.92. The predicted molar refractivity (Wildman–Crippen MR) is 58.2 cm³/mol. The van der Waals surface area contributed by atoms with Crippen molar-refractivity contribution in [2.45, 2.75) is 4.90 Å². The molecule has 2 N–H and O–H groups in total. The largest absolute Gasteiger partial charge is 0.239 e. The molecule has 1 rings (SSSR count). The molecule has 0 bridgehead atoms. The molecule has 0 aliphatic heterocycles. The Hall–Kier alpha value is 0.380. The summed E-state index contributed by atoms with van der Waals surface area (Å²) < 4.78 is 23.1. The van der Waals surface area contributed by atoms with E-state index in [0.717, 1.165) is 0 Å². The molecule has 72 valence electrons. The molecule has 0 saturated heterocycles. The first-order valence-electron chi connectivity index (χ1n) is 2.99. The van der Waals surface area contributed by atoms with Crippen LogP contribution in [0.25, 0.3) is 0 Å². The molecule has 0 radical (unpaired) electrons. The molecular formula is C6H4Br2ClNO2S. The molecule has 0 fully saturated rings. The maximum Gasteiger partial charge on any atom is 0.239 e. The fourth-order valence-electron chi connectivity index (χ4n) is 0.739. The Balaban J connectivity index is 3.56. The number of hydrogen-bond acceptors (Lipinski definition) is 2. The third-order valence-corrected chi connectivity index (χ3v) is 4.03. The highest BCUT2D eigenvalue weighted by atomic mass is 79.9. The van der Waals surface area contributed by atoms with Gasteiger partial charge in [-0.3, -0.25) is 0 Å². The summed E-state index contributed by atoms with van der Waals surface area (Å²) in [5.74, 6) is 0. The van der Waals surface area contributed by atoms with Crippen molar-refractivity contribution in [1.82, 2.24) is 0 Å². The van der Waals surface area contributed by atoms with Crippen LogP contribution in [-0.4, -0.2) is 8.42 Å². The van der Waals surface area contributed by atoms with Gasteiger partial charge in [-0.15, -0.1) is 0 Å². The van der Waals surface area contributed by atoms with Crippen molar-refractivity contribution in [1.29, 1.82) is 0 Å². The number of rotatable bonds is 1. The van der Waals surface area contributed by atoms with Crippen molar-refractivity contribution in [2.75, 3.05) is 0 Å². The van der Waals surface area contributed by atoms with Crippen LogP contribution in [0.2, 0.25) is 5.02 Å². The molecule has 0 atom stereocenters. The van der Waals surface area contributed by atoms with Crippen LogP contribution in [0.3, 0.4) is 0 Å². The lowest BCUT2D eigenvalue weighted by Gasteiger charge is -2.04. The van der Waals surface area contributed by atoms with Crippen molar-refractivity contribution < 1.29 is 8.42 Å². The minimum absolute atomic E-state index is 0.0886. The predicted octanol–water partition coefficient (Wildman–Crippen LogP) is 2.51. The van der Waals surface area contributed by atoms with Crippen molar-refractivity contribution in [3.63, 3.8) is 0 Å². The summed E-state index contributed by atoms with van der Waals surface area (Å²) in [5, 5.41) is 5.03. The number of halogens is 3. The van der Waals surface area contributed by atoms with Gasteiger partial charge < -0.3 is 0 Å². The maximum atomic E-state index is 11.0. The molecule has 7 heteroatoms. The van der Waals surface area contributed by atoms with Crippen molar-refractivity contribution in [3.8, 4) is 0 Å². The van der Waals surface area contributed by atoms with E-state index < -0.39 is 10.0 Å². The Morgan fingerprint density at radius 3 is 2.31 bits per heavy atom. The second-order valence-electron chi connectivity index (χ2n) is 2.24. The zero-order chi connectivity index (χ0) is 10.2. The summed E-state index contributed by atoms with van der Waals surface area (Å²) in [7, 11) is -3.77. The average Bonchev–Trinajstić information content (AvgIpc) is 1.94. The van der Waals surface area contributed by atoms with Crippen LogP contribution in [0.15, 0.2) is 26.0 Å². The van der Waals surface area contributed by atoms with Crippen LogP contribution in [0, 0.1) is 0 Å². The van der Waals surface area contributed by atoms with Gasteiger partial charge in [0.05, 0.1) is 5.02 Å². The van der Waals surface area contributed by atoms with E-state index in [2.05, 4.69) is 31.9 Å². The van der Waals surface area contributed by atoms with Crippen molar-refractivity contribution in [2.24, 2.45) is 5.14 Å². The van der Waals surface area contributed by atoms with Crippen LogP contribution in [0.5, 0.6) is 0 Å². The molecule has 0 heterocycles. The number of nitrogens with two attached hydrogens (primary N) is 1. The second kappa shape index (κ2) is 3.86. The summed E-state index contributed by atoms with van der Waals surface area (Å²) >= 11 is 12.0. The number of hydrogen-bond donors (Lipinski definition) is 1. The number of benzene rings is 1. The zero-order valence-electron chi connectivity index (χ0n) is 6.09. The highest BCUT2D eigenvalue weighted by Gasteiger charge is 2.15. The van der Waals surface area contributed by atoms with E-state index in [1.165, 1.54) is 6.07 Å². The van der Waals surface area contributed by atoms with E-state index in [-0.39, 0.29) is 9.92 Å². The molecule has 0 unspecified atom stereocenters. The Bertz CT molecular complexity index is 446. The van der Waals surface area contributed by atoms with Gasteiger partial charge in [0.1, 0.15) is 4.90 Å². The first kappa shape index (κ1) is 11.5. The maximum absolute atomic E-state index is 11.0. The van der Waals surface area contributed by atoms with Gasteiger partial charge in [0.15, 0.2) is 0 Å². The van der Waals surface area contributed by atoms with Gasteiger partial charge in [-0.25, -0.2) is 13.6 Å². The summed E-state index contributed by atoms with van der Waals surface area (Å²) in [6, 6.07) is 2.99.